The Bertz CT molecular complexity index is 493. The van der Waals surface area contributed by atoms with E-state index in [1.165, 1.54) is 0 Å². The molecular weight excluding hydrogens is 262 g/mol. The van der Waals surface area contributed by atoms with Crippen molar-refractivity contribution in [3.05, 3.63) is 28.8 Å². The Labute approximate surface area is 119 Å². The summed E-state index contributed by atoms with van der Waals surface area (Å²) in [6, 6.07) is 6.00. The lowest BCUT2D eigenvalue weighted by atomic mass is 9.79. The third-order valence-electron chi connectivity index (χ3n) is 4.56. The molecule has 0 saturated carbocycles. The maximum Gasteiger partial charge on any atom is 0.126 e. The van der Waals surface area contributed by atoms with Crippen molar-refractivity contribution in [3.8, 4) is 5.75 Å². The van der Waals surface area contributed by atoms with Crippen LogP contribution in [0.1, 0.15) is 37.9 Å². The summed E-state index contributed by atoms with van der Waals surface area (Å²) in [6.45, 7) is 3.23. The average molecular weight is 282 g/mol. The molecule has 4 heteroatoms. The maximum atomic E-state index is 10.4. The molecule has 3 unspecified atom stereocenters. The van der Waals surface area contributed by atoms with E-state index in [2.05, 4.69) is 18.9 Å². The molecule has 0 radical (unpaired) electrons. The van der Waals surface area contributed by atoms with Crippen LogP contribution < -0.4 is 4.74 Å². The van der Waals surface area contributed by atoms with Crippen molar-refractivity contribution < 1.29 is 9.84 Å². The second-order valence-electron chi connectivity index (χ2n) is 5.97. The molecule has 1 saturated heterocycles. The van der Waals surface area contributed by atoms with Crippen molar-refractivity contribution in [1.29, 1.82) is 0 Å². The molecule has 2 aliphatic rings. The van der Waals surface area contributed by atoms with E-state index in [4.69, 9.17) is 16.3 Å². The first-order chi connectivity index (χ1) is 8.99. The highest BCUT2D eigenvalue weighted by atomic mass is 35.5. The van der Waals surface area contributed by atoms with Crippen molar-refractivity contribution in [1.82, 2.24) is 4.90 Å². The second kappa shape index (κ2) is 4.65. The summed E-state index contributed by atoms with van der Waals surface area (Å²) in [4.78, 5) is 2.35. The highest BCUT2D eigenvalue weighted by Gasteiger charge is 2.44. The van der Waals surface area contributed by atoms with E-state index < -0.39 is 6.10 Å². The summed E-state index contributed by atoms with van der Waals surface area (Å²) < 4.78 is 6.26. The summed E-state index contributed by atoms with van der Waals surface area (Å²) in [5.74, 6) is 0.792. The van der Waals surface area contributed by atoms with E-state index in [1.807, 2.05) is 18.2 Å². The molecule has 19 heavy (non-hydrogen) atoms. The van der Waals surface area contributed by atoms with Crippen LogP contribution >= 0.6 is 11.6 Å². The normalized spacial score (nSPS) is 34.9. The molecule has 1 fully saturated rings. The van der Waals surface area contributed by atoms with Gasteiger partial charge in [0, 0.05) is 36.0 Å². The minimum Gasteiger partial charge on any atom is -0.487 e. The molecule has 2 heterocycles. The van der Waals surface area contributed by atoms with Gasteiger partial charge in [0.15, 0.2) is 0 Å². The van der Waals surface area contributed by atoms with Crippen LogP contribution in [0.25, 0.3) is 0 Å². The van der Waals surface area contributed by atoms with Gasteiger partial charge in [0.1, 0.15) is 11.4 Å². The van der Waals surface area contributed by atoms with Crippen molar-refractivity contribution in [2.24, 2.45) is 0 Å². The van der Waals surface area contributed by atoms with Crippen molar-refractivity contribution in [2.75, 3.05) is 13.6 Å². The first-order valence-corrected chi connectivity index (χ1v) is 7.24. The molecular formula is C15H20ClNO2. The molecule has 2 aliphatic heterocycles. The summed E-state index contributed by atoms with van der Waals surface area (Å²) in [5, 5.41) is 11.1. The SMILES string of the molecule is CC1CC2(CCN1C)CC(O)c1cc(Cl)ccc1O2. The summed E-state index contributed by atoms with van der Waals surface area (Å²) in [5.41, 5.74) is 0.608. The van der Waals surface area contributed by atoms with Gasteiger partial charge in [0.05, 0.1) is 6.10 Å². The van der Waals surface area contributed by atoms with Gasteiger partial charge in [0.25, 0.3) is 0 Å². The third kappa shape index (κ3) is 2.35. The predicted octanol–water partition coefficient (Wildman–Crippen LogP) is 3.01. The van der Waals surface area contributed by atoms with E-state index in [0.29, 0.717) is 17.5 Å². The highest BCUT2D eigenvalue weighted by Crippen LogP contribution is 2.45. The zero-order valence-electron chi connectivity index (χ0n) is 11.4. The molecule has 3 nitrogen and oxygen atoms in total. The fraction of sp³-hybridized carbons (Fsp3) is 0.600. The van der Waals surface area contributed by atoms with E-state index in [9.17, 15) is 5.11 Å². The van der Waals surface area contributed by atoms with Crippen molar-refractivity contribution >= 4 is 11.6 Å². The number of benzene rings is 1. The Kier molecular flexibility index (Phi) is 3.24. The Morgan fingerprint density at radius 3 is 2.95 bits per heavy atom. The zero-order valence-corrected chi connectivity index (χ0v) is 12.2. The maximum absolute atomic E-state index is 10.4. The lowest BCUT2D eigenvalue weighted by molar-refractivity contribution is -0.0645. The van der Waals surface area contributed by atoms with Gasteiger partial charge >= 0.3 is 0 Å². The largest absolute Gasteiger partial charge is 0.487 e. The third-order valence-corrected chi connectivity index (χ3v) is 4.80. The van der Waals surface area contributed by atoms with E-state index in [0.717, 1.165) is 30.7 Å². The van der Waals surface area contributed by atoms with Crippen LogP contribution in [0.3, 0.4) is 0 Å². The highest BCUT2D eigenvalue weighted by molar-refractivity contribution is 6.30. The van der Waals surface area contributed by atoms with Crippen LogP contribution in [-0.4, -0.2) is 35.2 Å². The van der Waals surface area contributed by atoms with Gasteiger partial charge in [-0.1, -0.05) is 11.6 Å². The Morgan fingerprint density at radius 1 is 1.42 bits per heavy atom. The first-order valence-electron chi connectivity index (χ1n) is 6.86. The van der Waals surface area contributed by atoms with Gasteiger partial charge in [-0.25, -0.2) is 0 Å². The molecule has 1 aromatic rings. The van der Waals surface area contributed by atoms with Gasteiger partial charge in [0.2, 0.25) is 0 Å². The number of hydrogen-bond donors (Lipinski definition) is 1. The standard InChI is InChI=1S/C15H20ClNO2/c1-10-8-15(5-6-17(10)2)9-13(18)12-7-11(16)3-4-14(12)19-15/h3-4,7,10,13,18H,5-6,8-9H2,1-2H3. The van der Waals surface area contributed by atoms with Gasteiger partial charge < -0.3 is 14.7 Å². The molecule has 0 amide bonds. The molecule has 0 aromatic heterocycles. The first kappa shape index (κ1) is 13.2. The number of aliphatic hydroxyl groups is 1. The molecule has 3 atom stereocenters. The Morgan fingerprint density at radius 2 is 2.21 bits per heavy atom. The van der Waals surface area contributed by atoms with E-state index in [-0.39, 0.29) is 5.60 Å². The lowest BCUT2D eigenvalue weighted by Gasteiger charge is -2.47. The number of aliphatic hydroxyl groups excluding tert-OH is 1. The van der Waals surface area contributed by atoms with Crippen LogP contribution in [0.5, 0.6) is 5.75 Å². The van der Waals surface area contributed by atoms with E-state index in [1.54, 1.807) is 0 Å². The summed E-state index contributed by atoms with van der Waals surface area (Å²) >= 11 is 5.99. The Hall–Kier alpha value is -0.770. The minimum atomic E-state index is -0.474. The fourth-order valence-corrected chi connectivity index (χ4v) is 3.47. The topological polar surface area (TPSA) is 32.7 Å². The number of nitrogens with zero attached hydrogens (tertiary/aromatic N) is 1. The van der Waals surface area contributed by atoms with Crippen LogP contribution in [-0.2, 0) is 0 Å². The number of piperidine rings is 1. The number of rotatable bonds is 0. The fourth-order valence-electron chi connectivity index (χ4n) is 3.28. The smallest absolute Gasteiger partial charge is 0.126 e. The van der Waals surface area contributed by atoms with Crippen molar-refractivity contribution in [2.45, 2.75) is 43.9 Å². The quantitative estimate of drug-likeness (QED) is 0.793. The second-order valence-corrected chi connectivity index (χ2v) is 6.41. The number of hydrogen-bond acceptors (Lipinski definition) is 3. The lowest BCUT2D eigenvalue weighted by Crippen LogP contribution is -2.52. The summed E-state index contributed by atoms with van der Waals surface area (Å²) in [7, 11) is 2.14. The van der Waals surface area contributed by atoms with Crippen molar-refractivity contribution in [3.63, 3.8) is 0 Å². The summed E-state index contributed by atoms with van der Waals surface area (Å²) in [6.07, 6.45) is 2.12. The van der Waals surface area contributed by atoms with Crippen LogP contribution in [0.2, 0.25) is 5.02 Å². The molecule has 1 N–H and O–H groups in total. The van der Waals surface area contributed by atoms with Gasteiger partial charge in [-0.15, -0.1) is 0 Å². The molecule has 3 rings (SSSR count). The molecule has 1 spiro atoms. The minimum absolute atomic E-state index is 0.216. The predicted molar refractivity (Wildman–Crippen MR) is 75.7 cm³/mol. The number of halogens is 1. The van der Waals surface area contributed by atoms with Gasteiger partial charge in [-0.3, -0.25) is 0 Å². The number of likely N-dealkylation sites (tertiary alicyclic amines) is 1. The van der Waals surface area contributed by atoms with Crippen LogP contribution in [0.4, 0.5) is 0 Å². The molecule has 104 valence electrons. The van der Waals surface area contributed by atoms with Gasteiger partial charge in [-0.2, -0.15) is 0 Å². The molecule has 1 aromatic carbocycles. The zero-order chi connectivity index (χ0) is 13.6. The molecule has 0 bridgehead atoms. The molecule has 0 aliphatic carbocycles. The van der Waals surface area contributed by atoms with Crippen LogP contribution in [0, 0.1) is 0 Å². The average Bonchev–Trinajstić information content (AvgIpc) is 2.36. The number of ether oxygens (including phenoxy) is 1. The number of fused-ring (bicyclic) bond motifs is 1. The van der Waals surface area contributed by atoms with E-state index >= 15 is 0 Å². The van der Waals surface area contributed by atoms with Crippen LogP contribution in [0.15, 0.2) is 18.2 Å². The Balaban J connectivity index is 1.90. The van der Waals surface area contributed by atoms with Gasteiger partial charge in [-0.05, 0) is 38.6 Å². The monoisotopic (exact) mass is 281 g/mol.